The number of nitrogens with zero attached hydrogens (tertiary/aromatic N) is 1. The van der Waals surface area contributed by atoms with Crippen LogP contribution in [0.1, 0.15) is 47.4 Å². The molecule has 0 saturated heterocycles. The summed E-state index contributed by atoms with van der Waals surface area (Å²) < 4.78 is 0. The first kappa shape index (κ1) is 24.8. The number of carboxylic acid groups (broad SMARTS) is 1. The van der Waals surface area contributed by atoms with Crippen LogP contribution in [0.25, 0.3) is 0 Å². The first-order valence-corrected chi connectivity index (χ1v) is 8.82. The fraction of sp³-hybridized carbons (Fsp3) is 0.421. The Morgan fingerprint density at radius 3 is 2.36 bits per heavy atom. The van der Waals surface area contributed by atoms with Gasteiger partial charge in [0.2, 0.25) is 5.91 Å². The van der Waals surface area contributed by atoms with E-state index < -0.39 is 24.5 Å². The third-order valence-corrected chi connectivity index (χ3v) is 3.81. The van der Waals surface area contributed by atoms with Crippen LogP contribution in [0.4, 0.5) is 5.69 Å². The maximum absolute atomic E-state index is 12.7. The molecule has 1 unspecified atom stereocenters. The number of carbonyl (C=O) groups is 5. The molecule has 1 rings (SSSR count). The lowest BCUT2D eigenvalue weighted by Crippen LogP contribution is -2.39. The number of amides is 2. The summed E-state index contributed by atoms with van der Waals surface area (Å²) in [5.41, 5.74) is 0.237. The van der Waals surface area contributed by atoms with E-state index in [9.17, 15) is 24.0 Å². The highest BCUT2D eigenvalue weighted by Gasteiger charge is 2.24. The van der Waals surface area contributed by atoms with Crippen LogP contribution in [-0.4, -0.2) is 67.0 Å². The van der Waals surface area contributed by atoms with Crippen molar-refractivity contribution in [1.82, 2.24) is 10.2 Å². The van der Waals surface area contributed by atoms with Crippen molar-refractivity contribution in [3.63, 3.8) is 0 Å². The van der Waals surface area contributed by atoms with Crippen molar-refractivity contribution in [2.75, 3.05) is 26.0 Å². The zero-order chi connectivity index (χ0) is 21.7. The summed E-state index contributed by atoms with van der Waals surface area (Å²) in [6.07, 6.45) is 1.22. The zero-order valence-corrected chi connectivity index (χ0v) is 16.5. The largest absolute Gasteiger partial charge is 0.480 e. The molecule has 9 nitrogen and oxygen atoms in total. The predicted molar refractivity (Wildman–Crippen MR) is 105 cm³/mol. The second-order valence-electron chi connectivity index (χ2n) is 5.46. The van der Waals surface area contributed by atoms with Gasteiger partial charge in [-0.1, -0.05) is 19.9 Å². The average molecular weight is 393 g/mol. The smallest absolute Gasteiger partial charge is 0.322 e. The molecule has 154 valence electrons. The quantitative estimate of drug-likeness (QED) is 0.509. The number of hydrogen-bond acceptors (Lipinski definition) is 6. The van der Waals surface area contributed by atoms with Crippen LogP contribution in [0.15, 0.2) is 18.2 Å². The van der Waals surface area contributed by atoms with Crippen LogP contribution in [0.5, 0.6) is 0 Å². The molecule has 1 atom stereocenters. The molecule has 0 bridgehead atoms. The Hall–Kier alpha value is -3.23. The molecule has 0 fully saturated rings. The highest BCUT2D eigenvalue weighted by atomic mass is 16.4. The normalized spacial score (nSPS) is 10.6. The van der Waals surface area contributed by atoms with Gasteiger partial charge in [-0.15, -0.1) is 0 Å². The minimum atomic E-state index is -1.12. The van der Waals surface area contributed by atoms with Gasteiger partial charge in [0.1, 0.15) is 12.8 Å². The van der Waals surface area contributed by atoms with Gasteiger partial charge in [-0.3, -0.25) is 19.2 Å². The second-order valence-corrected chi connectivity index (χ2v) is 5.46. The summed E-state index contributed by atoms with van der Waals surface area (Å²) in [6, 6.07) is 3.55. The maximum atomic E-state index is 12.7. The summed E-state index contributed by atoms with van der Waals surface area (Å²) in [6.45, 7) is 3.58. The lowest BCUT2D eigenvalue weighted by Gasteiger charge is -2.24. The molecule has 0 aromatic heterocycles. The minimum Gasteiger partial charge on any atom is -0.480 e. The van der Waals surface area contributed by atoms with Crippen LogP contribution in [-0.2, 0) is 14.4 Å². The number of carboxylic acids is 1. The van der Waals surface area contributed by atoms with Crippen molar-refractivity contribution >= 4 is 36.0 Å². The van der Waals surface area contributed by atoms with E-state index in [0.717, 1.165) is 4.90 Å². The van der Waals surface area contributed by atoms with Gasteiger partial charge in [-0.2, -0.15) is 0 Å². The summed E-state index contributed by atoms with van der Waals surface area (Å²) in [5, 5.41) is 13.7. The summed E-state index contributed by atoms with van der Waals surface area (Å²) in [4.78, 5) is 58.6. The Morgan fingerprint density at radius 2 is 1.86 bits per heavy atom. The van der Waals surface area contributed by atoms with Crippen molar-refractivity contribution in [3.05, 3.63) is 29.3 Å². The number of benzene rings is 1. The number of nitrogens with one attached hydrogen (secondary N) is 2. The average Bonchev–Trinajstić information content (AvgIpc) is 2.72. The first-order valence-electron chi connectivity index (χ1n) is 8.82. The molecule has 0 radical (unpaired) electrons. The highest BCUT2D eigenvalue weighted by Crippen LogP contribution is 2.20. The van der Waals surface area contributed by atoms with E-state index in [-0.39, 0.29) is 35.6 Å². The molecular formula is C19H27N3O6. The van der Waals surface area contributed by atoms with Crippen LogP contribution in [0.3, 0.4) is 0 Å². The van der Waals surface area contributed by atoms with Gasteiger partial charge >= 0.3 is 5.97 Å². The second kappa shape index (κ2) is 13.0. The van der Waals surface area contributed by atoms with E-state index >= 15 is 0 Å². The Labute approximate surface area is 164 Å². The van der Waals surface area contributed by atoms with E-state index in [1.807, 2.05) is 13.8 Å². The highest BCUT2D eigenvalue weighted by molar-refractivity contribution is 6.05. The van der Waals surface area contributed by atoms with Gasteiger partial charge in [-0.25, -0.2) is 0 Å². The Bertz CT molecular complexity index is 705. The standard InChI is InChI=1S/C17H21N3O6.C2H6/c1-18-15(23)7-6-11(9-21)20(2)17(26)12-4-3-5-14(13(12)10-22)19-8-16(24)25;1-2/h3-5,9-11,19H,6-8H2,1-2H3,(H,18,23)(H,24,25);1-2H3. The van der Waals surface area contributed by atoms with Crippen molar-refractivity contribution in [1.29, 1.82) is 0 Å². The minimum absolute atomic E-state index is 0.00144. The van der Waals surface area contributed by atoms with Crippen LogP contribution in [0.2, 0.25) is 0 Å². The third kappa shape index (κ3) is 7.18. The van der Waals surface area contributed by atoms with Crippen LogP contribution < -0.4 is 10.6 Å². The lowest BCUT2D eigenvalue weighted by atomic mass is 10.0. The van der Waals surface area contributed by atoms with Gasteiger partial charge in [0.05, 0.1) is 17.2 Å². The summed E-state index contributed by atoms with van der Waals surface area (Å²) in [5.74, 6) is -1.96. The molecule has 0 spiro atoms. The van der Waals surface area contributed by atoms with E-state index in [0.29, 0.717) is 12.6 Å². The molecule has 1 aromatic rings. The van der Waals surface area contributed by atoms with Gasteiger partial charge in [0.25, 0.3) is 5.91 Å². The van der Waals surface area contributed by atoms with Crippen molar-refractivity contribution in [2.24, 2.45) is 0 Å². The molecule has 2 amide bonds. The lowest BCUT2D eigenvalue weighted by molar-refractivity contribution is -0.135. The van der Waals surface area contributed by atoms with Gasteiger partial charge in [-0.05, 0) is 18.6 Å². The number of anilines is 1. The Balaban J connectivity index is 0.00000352. The number of hydrogen-bond donors (Lipinski definition) is 3. The number of likely N-dealkylation sites (N-methyl/N-ethyl adjacent to an activating group) is 1. The van der Waals surface area contributed by atoms with Crippen molar-refractivity contribution in [3.8, 4) is 0 Å². The molecule has 9 heteroatoms. The summed E-state index contributed by atoms with van der Waals surface area (Å²) >= 11 is 0. The predicted octanol–water partition coefficient (Wildman–Crippen LogP) is 1.19. The Morgan fingerprint density at radius 1 is 1.21 bits per heavy atom. The maximum Gasteiger partial charge on any atom is 0.322 e. The van der Waals surface area contributed by atoms with Gasteiger partial charge in [0, 0.05) is 26.2 Å². The molecule has 0 aliphatic rings. The van der Waals surface area contributed by atoms with Crippen LogP contribution in [0, 0.1) is 0 Å². The number of carbonyl (C=O) groups excluding carboxylic acids is 4. The number of aldehydes is 2. The Kier molecular flexibility index (Phi) is 11.5. The third-order valence-electron chi connectivity index (χ3n) is 3.81. The van der Waals surface area contributed by atoms with E-state index in [4.69, 9.17) is 5.11 Å². The SMILES string of the molecule is CC.CNC(=O)CCC(C=O)N(C)C(=O)c1cccc(NCC(=O)O)c1C=O. The fourth-order valence-electron chi connectivity index (χ4n) is 2.30. The monoisotopic (exact) mass is 393 g/mol. The van der Waals surface area contributed by atoms with Gasteiger partial charge in [0.15, 0.2) is 6.29 Å². The molecule has 28 heavy (non-hydrogen) atoms. The molecule has 0 aliphatic carbocycles. The van der Waals surface area contributed by atoms with Crippen LogP contribution >= 0.6 is 0 Å². The number of aliphatic carboxylic acids is 1. The van der Waals surface area contributed by atoms with Crippen molar-refractivity contribution < 1.29 is 29.1 Å². The first-order chi connectivity index (χ1) is 13.3. The van der Waals surface area contributed by atoms with Crippen molar-refractivity contribution in [2.45, 2.75) is 32.7 Å². The van der Waals surface area contributed by atoms with E-state index in [1.54, 1.807) is 0 Å². The number of rotatable bonds is 10. The molecule has 0 aliphatic heterocycles. The molecular weight excluding hydrogens is 366 g/mol. The summed E-state index contributed by atoms with van der Waals surface area (Å²) in [7, 11) is 2.87. The van der Waals surface area contributed by atoms with Gasteiger partial charge < -0.3 is 25.4 Å². The molecule has 1 aromatic carbocycles. The zero-order valence-electron chi connectivity index (χ0n) is 16.5. The topological polar surface area (TPSA) is 133 Å². The fourth-order valence-corrected chi connectivity index (χ4v) is 2.30. The molecule has 3 N–H and O–H groups in total. The molecule has 0 saturated carbocycles. The van der Waals surface area contributed by atoms with E-state index in [2.05, 4.69) is 10.6 Å². The van der Waals surface area contributed by atoms with E-state index in [1.165, 1.54) is 32.3 Å². The molecule has 0 heterocycles.